The number of hydrogen-bond acceptors (Lipinski definition) is 7. The molecule has 0 bridgehead atoms. The van der Waals surface area contributed by atoms with Crippen LogP contribution in [0.5, 0.6) is 5.75 Å². The molecule has 0 radical (unpaired) electrons. The molecule has 1 amide bonds. The fourth-order valence-corrected chi connectivity index (χ4v) is 4.24. The van der Waals surface area contributed by atoms with E-state index in [1.54, 1.807) is 18.6 Å². The monoisotopic (exact) mass is 421 g/mol. The number of hydrogen-bond donors (Lipinski definition) is 0. The zero-order chi connectivity index (χ0) is 21.4. The first kappa shape index (κ1) is 19.2. The summed E-state index contributed by atoms with van der Waals surface area (Å²) < 4.78 is 23.3. The Morgan fingerprint density at radius 3 is 2.81 bits per heavy atom. The number of alkyl halides is 1. The average Bonchev–Trinajstić information content (AvgIpc) is 3.17. The van der Waals surface area contributed by atoms with Gasteiger partial charge >= 0.3 is 0 Å². The highest BCUT2D eigenvalue weighted by molar-refractivity contribution is 5.85. The van der Waals surface area contributed by atoms with Crippen molar-refractivity contribution >= 4 is 17.5 Å². The minimum absolute atomic E-state index is 0.0883. The maximum Gasteiger partial charge on any atom is 0.260 e. The van der Waals surface area contributed by atoms with Gasteiger partial charge in [0.1, 0.15) is 29.8 Å². The van der Waals surface area contributed by atoms with Gasteiger partial charge in [0, 0.05) is 62.5 Å². The minimum Gasteiger partial charge on any atom is -0.490 e. The highest BCUT2D eigenvalue weighted by Gasteiger charge is 2.45. The third-order valence-electron chi connectivity index (χ3n) is 5.89. The van der Waals surface area contributed by atoms with Gasteiger partial charge in [0.2, 0.25) is 5.78 Å². The zero-order valence-electron chi connectivity index (χ0n) is 16.7. The summed E-state index contributed by atoms with van der Waals surface area (Å²) in [6, 6.07) is 3.91. The largest absolute Gasteiger partial charge is 0.490 e. The van der Waals surface area contributed by atoms with E-state index in [-0.39, 0.29) is 32.5 Å². The van der Waals surface area contributed by atoms with Gasteiger partial charge in [0.25, 0.3) is 5.91 Å². The molecule has 9 nitrogen and oxygen atoms in total. The lowest BCUT2D eigenvalue weighted by molar-refractivity contribution is -0.146. The van der Waals surface area contributed by atoms with Crippen LogP contribution < -0.4 is 9.64 Å². The second kappa shape index (κ2) is 7.50. The van der Waals surface area contributed by atoms with E-state index in [0.717, 1.165) is 5.82 Å². The number of nitrogens with zero attached hydrogens (tertiary/aromatic N) is 7. The number of piperidine rings is 1. The number of carbonyl (C=O) groups excluding carboxylic acids is 1. The molecule has 0 atom stereocenters. The normalized spacial score (nSPS) is 18.1. The topological polar surface area (TPSA) is 99.6 Å². The van der Waals surface area contributed by atoms with Crippen LogP contribution in [-0.2, 0) is 11.3 Å². The SMILES string of the molecule is N#Cc1cncc2c1OCCN(C(=O)C1(F)CCN(c3ccnc4nccn34)CC1)C2. The summed E-state index contributed by atoms with van der Waals surface area (Å²) in [4.78, 5) is 29.1. The van der Waals surface area contributed by atoms with Crippen LogP contribution in [0.2, 0.25) is 0 Å². The first-order valence-electron chi connectivity index (χ1n) is 10.1. The molecule has 1 saturated heterocycles. The van der Waals surface area contributed by atoms with E-state index in [2.05, 4.69) is 15.0 Å². The van der Waals surface area contributed by atoms with Crippen molar-refractivity contribution in [1.29, 1.82) is 5.26 Å². The second-order valence-corrected chi connectivity index (χ2v) is 7.71. The van der Waals surface area contributed by atoms with Gasteiger partial charge in [-0.2, -0.15) is 5.26 Å². The molecule has 0 aromatic carbocycles. The molecule has 1 fully saturated rings. The highest BCUT2D eigenvalue weighted by atomic mass is 19.1. The quantitative estimate of drug-likeness (QED) is 0.621. The van der Waals surface area contributed by atoms with E-state index < -0.39 is 11.6 Å². The van der Waals surface area contributed by atoms with Crippen LogP contribution in [0.4, 0.5) is 10.2 Å². The Morgan fingerprint density at radius 2 is 2.00 bits per heavy atom. The summed E-state index contributed by atoms with van der Waals surface area (Å²) in [6.45, 7) is 1.44. The van der Waals surface area contributed by atoms with Crippen LogP contribution in [0.15, 0.2) is 37.1 Å². The van der Waals surface area contributed by atoms with Crippen molar-refractivity contribution in [1.82, 2.24) is 24.3 Å². The van der Waals surface area contributed by atoms with E-state index in [9.17, 15) is 10.1 Å². The molecule has 0 unspecified atom stereocenters. The van der Waals surface area contributed by atoms with Crippen molar-refractivity contribution < 1.29 is 13.9 Å². The number of fused-ring (bicyclic) bond motifs is 2. The summed E-state index contributed by atoms with van der Waals surface area (Å²) in [5.41, 5.74) is -1.01. The van der Waals surface area contributed by atoms with E-state index in [4.69, 9.17) is 4.74 Å². The molecule has 2 aliphatic heterocycles. The number of ether oxygens (including phenoxy) is 1. The van der Waals surface area contributed by atoms with Gasteiger partial charge in [-0.1, -0.05) is 0 Å². The van der Waals surface area contributed by atoms with Crippen LogP contribution in [0.3, 0.4) is 0 Å². The molecule has 0 N–H and O–H groups in total. The fraction of sp³-hybridized carbons (Fsp3) is 0.381. The van der Waals surface area contributed by atoms with Crippen molar-refractivity contribution in [3.8, 4) is 11.8 Å². The zero-order valence-corrected chi connectivity index (χ0v) is 16.7. The molecule has 0 aliphatic carbocycles. The number of rotatable bonds is 2. The van der Waals surface area contributed by atoms with Gasteiger partial charge in [-0.25, -0.2) is 14.4 Å². The number of aromatic nitrogens is 4. The molecule has 3 aromatic heterocycles. The second-order valence-electron chi connectivity index (χ2n) is 7.71. The molecule has 31 heavy (non-hydrogen) atoms. The first-order valence-corrected chi connectivity index (χ1v) is 10.1. The minimum atomic E-state index is -1.94. The number of amides is 1. The molecule has 0 saturated carbocycles. The maximum atomic E-state index is 15.8. The molecule has 3 aromatic rings. The third-order valence-corrected chi connectivity index (χ3v) is 5.89. The van der Waals surface area contributed by atoms with Gasteiger partial charge in [-0.3, -0.25) is 14.2 Å². The summed E-state index contributed by atoms with van der Waals surface area (Å²) >= 11 is 0. The maximum absolute atomic E-state index is 15.8. The number of halogens is 1. The third kappa shape index (κ3) is 3.32. The van der Waals surface area contributed by atoms with E-state index in [0.29, 0.717) is 35.7 Å². The summed E-state index contributed by atoms with van der Waals surface area (Å²) in [6.07, 6.45) is 8.34. The molecule has 10 heteroatoms. The molecule has 0 spiro atoms. The van der Waals surface area contributed by atoms with Crippen molar-refractivity contribution in [3.05, 3.63) is 48.2 Å². The molecule has 158 valence electrons. The van der Waals surface area contributed by atoms with Gasteiger partial charge in [-0.05, 0) is 6.07 Å². The highest BCUT2D eigenvalue weighted by Crippen LogP contribution is 2.33. The predicted molar refractivity (Wildman–Crippen MR) is 108 cm³/mol. The van der Waals surface area contributed by atoms with Crippen LogP contribution in [0.25, 0.3) is 5.78 Å². The van der Waals surface area contributed by atoms with Crippen molar-refractivity contribution in [3.63, 3.8) is 0 Å². The van der Waals surface area contributed by atoms with Gasteiger partial charge in [0.05, 0.1) is 13.1 Å². The van der Waals surface area contributed by atoms with Gasteiger partial charge in [-0.15, -0.1) is 0 Å². The summed E-state index contributed by atoms with van der Waals surface area (Å²) in [5.74, 6) is 1.36. The number of pyridine rings is 1. The number of nitriles is 1. The molecule has 2 aliphatic rings. The van der Waals surface area contributed by atoms with Crippen LogP contribution in [0, 0.1) is 11.3 Å². The lowest BCUT2D eigenvalue weighted by Crippen LogP contribution is -2.53. The molecular weight excluding hydrogens is 401 g/mol. The summed E-state index contributed by atoms with van der Waals surface area (Å²) in [5, 5.41) is 9.25. The number of imidazole rings is 1. The average molecular weight is 421 g/mol. The molecule has 5 heterocycles. The van der Waals surface area contributed by atoms with Crippen molar-refractivity contribution in [2.24, 2.45) is 0 Å². The first-order chi connectivity index (χ1) is 15.1. The van der Waals surface area contributed by atoms with Crippen LogP contribution >= 0.6 is 0 Å². The standard InChI is InChI=1S/C21H20FN7O2/c22-21(2-6-27(7-3-21)17-1-4-25-20-26-5-8-29(17)20)19(30)28-9-10-31-18-15(11-23)12-24-13-16(18)14-28/h1,4-5,8,12-13H,2-3,6-7,9-10,14H2. The van der Waals surface area contributed by atoms with Gasteiger partial charge in [0.15, 0.2) is 5.67 Å². The Labute approximate surface area is 177 Å². The summed E-state index contributed by atoms with van der Waals surface area (Å²) in [7, 11) is 0. The Balaban J connectivity index is 1.32. The Hall–Kier alpha value is -3.74. The Kier molecular flexibility index (Phi) is 4.66. The Morgan fingerprint density at radius 1 is 1.19 bits per heavy atom. The van der Waals surface area contributed by atoms with Crippen molar-refractivity contribution in [2.75, 3.05) is 31.1 Å². The lowest BCUT2D eigenvalue weighted by atomic mass is 9.91. The number of anilines is 1. The van der Waals surface area contributed by atoms with E-state index in [1.807, 2.05) is 27.6 Å². The lowest BCUT2D eigenvalue weighted by Gasteiger charge is -2.38. The smallest absolute Gasteiger partial charge is 0.260 e. The number of carbonyl (C=O) groups is 1. The molecular formula is C21H20FN7O2. The van der Waals surface area contributed by atoms with Crippen LogP contribution in [0.1, 0.15) is 24.0 Å². The van der Waals surface area contributed by atoms with E-state index >= 15 is 4.39 Å². The van der Waals surface area contributed by atoms with Crippen LogP contribution in [-0.4, -0.2) is 62.1 Å². The fourth-order valence-electron chi connectivity index (χ4n) is 4.24. The molecule has 5 rings (SSSR count). The van der Waals surface area contributed by atoms with Gasteiger partial charge < -0.3 is 14.5 Å². The van der Waals surface area contributed by atoms with E-state index in [1.165, 1.54) is 11.1 Å². The Bertz CT molecular complexity index is 1180. The predicted octanol–water partition coefficient (Wildman–Crippen LogP) is 1.73. The van der Waals surface area contributed by atoms with Crippen molar-refractivity contribution in [2.45, 2.75) is 25.1 Å².